The number of hydrogen-bond acceptors (Lipinski definition) is 4. The molecule has 0 fully saturated rings. The van der Waals surface area contributed by atoms with E-state index in [4.69, 9.17) is 4.74 Å². The van der Waals surface area contributed by atoms with Gasteiger partial charge in [0.15, 0.2) is 0 Å². The molecule has 2 aromatic rings. The van der Waals surface area contributed by atoms with Crippen molar-refractivity contribution >= 4 is 5.91 Å². The molecule has 5 nitrogen and oxygen atoms in total. The van der Waals surface area contributed by atoms with Crippen molar-refractivity contribution in [1.29, 1.82) is 0 Å². The van der Waals surface area contributed by atoms with Crippen molar-refractivity contribution in [2.45, 2.75) is 64.6 Å². The molecule has 7 heteroatoms. The summed E-state index contributed by atoms with van der Waals surface area (Å²) in [5, 5.41) is 17.0. The van der Waals surface area contributed by atoms with Crippen LogP contribution in [0.15, 0.2) is 36.4 Å². The lowest BCUT2D eigenvalue weighted by Crippen LogP contribution is -2.48. The number of aliphatic hydroxyl groups is 1. The van der Waals surface area contributed by atoms with Gasteiger partial charge in [-0.15, -0.1) is 0 Å². The molecular weight excluding hydrogens is 426 g/mol. The van der Waals surface area contributed by atoms with Gasteiger partial charge in [-0.1, -0.05) is 26.0 Å². The molecule has 3 rings (SSSR count). The van der Waals surface area contributed by atoms with Crippen molar-refractivity contribution < 1.29 is 23.4 Å². The molecule has 1 amide bonds. The van der Waals surface area contributed by atoms with E-state index in [1.807, 2.05) is 6.07 Å². The molecule has 3 N–H and O–H groups in total. The third-order valence-electron chi connectivity index (χ3n) is 5.93. The largest absolute Gasteiger partial charge is 0.493 e. The quantitative estimate of drug-likeness (QED) is 0.500. The second kappa shape index (κ2) is 11.6. The lowest BCUT2D eigenvalue weighted by molar-refractivity contribution is -0.120. The highest BCUT2D eigenvalue weighted by Gasteiger charge is 2.26. The zero-order valence-corrected chi connectivity index (χ0v) is 19.5. The van der Waals surface area contributed by atoms with Gasteiger partial charge in [0.05, 0.1) is 18.8 Å². The fourth-order valence-electron chi connectivity index (χ4n) is 4.20. The molecule has 33 heavy (non-hydrogen) atoms. The predicted octanol–water partition coefficient (Wildman–Crippen LogP) is 4.07. The third kappa shape index (κ3) is 7.51. The molecule has 0 aromatic heterocycles. The number of amides is 1. The van der Waals surface area contributed by atoms with Crippen LogP contribution in [0.4, 0.5) is 8.78 Å². The van der Waals surface area contributed by atoms with Crippen LogP contribution in [0.5, 0.6) is 5.75 Å². The average molecular weight is 461 g/mol. The second-order valence-corrected chi connectivity index (χ2v) is 9.26. The Morgan fingerprint density at radius 1 is 1.15 bits per heavy atom. The summed E-state index contributed by atoms with van der Waals surface area (Å²) in [7, 11) is 0. The third-order valence-corrected chi connectivity index (χ3v) is 5.93. The molecule has 3 unspecified atom stereocenters. The van der Waals surface area contributed by atoms with E-state index in [0.29, 0.717) is 18.1 Å². The molecule has 1 aliphatic heterocycles. The molecule has 3 atom stereocenters. The number of ether oxygens (including phenoxy) is 1. The van der Waals surface area contributed by atoms with Crippen molar-refractivity contribution in [1.82, 2.24) is 10.6 Å². The number of aryl methyl sites for hydroxylation is 1. The van der Waals surface area contributed by atoms with E-state index in [-0.39, 0.29) is 24.9 Å². The molecule has 0 aliphatic carbocycles. The molecular formula is C26H34F2N2O3. The summed E-state index contributed by atoms with van der Waals surface area (Å²) in [6.45, 7) is 6.55. The van der Waals surface area contributed by atoms with Gasteiger partial charge >= 0.3 is 0 Å². The highest BCUT2D eigenvalue weighted by molar-refractivity contribution is 5.73. The van der Waals surface area contributed by atoms with Crippen LogP contribution < -0.4 is 15.4 Å². The van der Waals surface area contributed by atoms with E-state index in [0.717, 1.165) is 36.6 Å². The monoisotopic (exact) mass is 460 g/mol. The maximum atomic E-state index is 13.6. The van der Waals surface area contributed by atoms with E-state index < -0.39 is 23.8 Å². The Kier molecular flexibility index (Phi) is 8.80. The van der Waals surface area contributed by atoms with Gasteiger partial charge in [0.25, 0.3) is 0 Å². The van der Waals surface area contributed by atoms with Gasteiger partial charge in [-0.3, -0.25) is 4.79 Å². The maximum absolute atomic E-state index is 13.6. The minimum atomic E-state index is -0.948. The Morgan fingerprint density at radius 2 is 1.88 bits per heavy atom. The number of carbonyl (C=O) groups excluding carboxylic acids is 1. The number of rotatable bonds is 10. The van der Waals surface area contributed by atoms with Crippen molar-refractivity contribution in [2.75, 3.05) is 13.2 Å². The number of aliphatic hydroxyl groups excluding tert-OH is 1. The Morgan fingerprint density at radius 3 is 2.55 bits per heavy atom. The lowest BCUT2D eigenvalue weighted by Gasteiger charge is -2.30. The predicted molar refractivity (Wildman–Crippen MR) is 124 cm³/mol. The fraction of sp³-hybridized carbons (Fsp3) is 0.500. The van der Waals surface area contributed by atoms with E-state index >= 15 is 0 Å². The number of fused-ring (bicyclic) bond motifs is 1. The fourth-order valence-corrected chi connectivity index (χ4v) is 4.20. The first-order chi connectivity index (χ1) is 15.7. The zero-order valence-electron chi connectivity index (χ0n) is 19.5. The van der Waals surface area contributed by atoms with Crippen LogP contribution in [0.25, 0.3) is 0 Å². The van der Waals surface area contributed by atoms with Gasteiger partial charge in [0.2, 0.25) is 5.91 Å². The van der Waals surface area contributed by atoms with Crippen LogP contribution in [-0.4, -0.2) is 36.3 Å². The first-order valence-corrected chi connectivity index (χ1v) is 11.6. The van der Waals surface area contributed by atoms with Crippen LogP contribution in [-0.2, 0) is 17.6 Å². The Balaban J connectivity index is 1.68. The van der Waals surface area contributed by atoms with Gasteiger partial charge in [-0.05, 0) is 54.5 Å². The molecule has 0 radical (unpaired) electrons. The summed E-state index contributed by atoms with van der Waals surface area (Å²) in [6, 6.07) is 8.82. The Hall–Kier alpha value is -2.51. The smallest absolute Gasteiger partial charge is 0.217 e. The van der Waals surface area contributed by atoms with E-state index in [1.54, 1.807) is 0 Å². The summed E-state index contributed by atoms with van der Waals surface area (Å²) < 4.78 is 33.0. The van der Waals surface area contributed by atoms with E-state index in [2.05, 4.69) is 36.6 Å². The maximum Gasteiger partial charge on any atom is 0.217 e. The molecule has 180 valence electrons. The number of hydrogen-bond donors (Lipinski definition) is 3. The highest BCUT2D eigenvalue weighted by Crippen LogP contribution is 2.33. The summed E-state index contributed by atoms with van der Waals surface area (Å²) >= 11 is 0. The Bertz CT molecular complexity index is 931. The lowest BCUT2D eigenvalue weighted by atomic mass is 9.94. The summed E-state index contributed by atoms with van der Waals surface area (Å²) in [6.07, 6.45) is 2.02. The van der Waals surface area contributed by atoms with Gasteiger partial charge in [-0.2, -0.15) is 0 Å². The summed E-state index contributed by atoms with van der Waals surface area (Å²) in [4.78, 5) is 11.7. The van der Waals surface area contributed by atoms with E-state index in [1.165, 1.54) is 24.6 Å². The molecule has 0 spiro atoms. The van der Waals surface area contributed by atoms with Crippen molar-refractivity contribution in [3.63, 3.8) is 0 Å². The van der Waals surface area contributed by atoms with Gasteiger partial charge in [-0.25, -0.2) is 8.78 Å². The minimum absolute atomic E-state index is 0.00647. The SMILES string of the molecule is CC(=O)NC(Cc1cc(F)cc(F)c1)C(O)CNC1CCOc2ccc(CCC(C)C)cc21. The number of benzene rings is 2. The molecule has 2 aromatic carbocycles. The summed E-state index contributed by atoms with van der Waals surface area (Å²) in [5.74, 6) is -0.228. The first-order valence-electron chi connectivity index (χ1n) is 11.6. The first kappa shape index (κ1) is 25.1. The molecule has 1 aliphatic rings. The van der Waals surface area contributed by atoms with E-state index in [9.17, 15) is 18.7 Å². The number of halogens is 2. The Labute approximate surface area is 194 Å². The molecule has 1 heterocycles. The minimum Gasteiger partial charge on any atom is -0.493 e. The van der Waals surface area contributed by atoms with Crippen molar-refractivity contribution in [3.8, 4) is 5.75 Å². The van der Waals surface area contributed by atoms with Crippen LogP contribution in [0.3, 0.4) is 0 Å². The van der Waals surface area contributed by atoms with Crippen LogP contribution in [0.2, 0.25) is 0 Å². The highest BCUT2D eigenvalue weighted by atomic mass is 19.1. The van der Waals surface area contributed by atoms with Crippen LogP contribution >= 0.6 is 0 Å². The second-order valence-electron chi connectivity index (χ2n) is 9.26. The standard InChI is InChI=1S/C26H34F2N2O3/c1-16(2)4-5-18-6-7-26-22(12-18)23(8-9-33-26)29-15-25(32)24(30-17(3)31)13-19-10-20(27)14-21(28)11-19/h6-7,10-12,14,16,23-25,29,32H,4-5,8-9,13,15H2,1-3H3,(H,30,31). The normalized spacial score (nSPS) is 17.2. The average Bonchev–Trinajstić information content (AvgIpc) is 2.74. The zero-order chi connectivity index (χ0) is 24.0. The number of carbonyl (C=O) groups is 1. The van der Waals surface area contributed by atoms with Crippen molar-refractivity contribution in [2.24, 2.45) is 5.92 Å². The van der Waals surface area contributed by atoms with Crippen LogP contribution in [0.1, 0.15) is 56.3 Å². The number of nitrogens with one attached hydrogen (secondary N) is 2. The van der Waals surface area contributed by atoms with Gasteiger partial charge in [0.1, 0.15) is 17.4 Å². The molecule has 0 bridgehead atoms. The topological polar surface area (TPSA) is 70.6 Å². The molecule has 0 saturated carbocycles. The van der Waals surface area contributed by atoms with Gasteiger partial charge in [0, 0.05) is 37.6 Å². The van der Waals surface area contributed by atoms with Gasteiger partial charge < -0.3 is 20.5 Å². The molecule has 0 saturated heterocycles. The van der Waals surface area contributed by atoms with Crippen molar-refractivity contribution in [3.05, 3.63) is 64.7 Å². The van der Waals surface area contributed by atoms with Crippen LogP contribution in [0, 0.1) is 17.6 Å². The summed E-state index contributed by atoms with van der Waals surface area (Å²) in [5.41, 5.74) is 2.69.